The molecule has 0 saturated carbocycles. The second kappa shape index (κ2) is 6.46. The zero-order valence-electron chi connectivity index (χ0n) is 11.8. The van der Waals surface area contributed by atoms with Crippen LogP contribution in [0.3, 0.4) is 0 Å². The number of nitrogens with zero attached hydrogens (tertiary/aromatic N) is 2. The molecule has 0 unspecified atom stereocenters. The zero-order chi connectivity index (χ0) is 14.7. The number of aryl methyl sites for hydroxylation is 2. The number of thioether (sulfide) groups is 1. The van der Waals surface area contributed by atoms with Crippen molar-refractivity contribution in [3.05, 3.63) is 46.2 Å². The van der Waals surface area contributed by atoms with Crippen LogP contribution in [0.15, 0.2) is 29.2 Å². The highest BCUT2D eigenvalue weighted by molar-refractivity contribution is 7.98. The second-order valence-corrected chi connectivity index (χ2v) is 5.96. The van der Waals surface area contributed by atoms with Crippen molar-refractivity contribution in [2.75, 3.05) is 0 Å². The average Bonchev–Trinajstić information content (AvgIpc) is 2.72. The molecule has 0 atom stereocenters. The number of Topliss-reactive ketones (excluding diaryl/α,β-unsaturated/α-hetero) is 1. The molecule has 0 aliphatic rings. The van der Waals surface area contributed by atoms with E-state index in [1.807, 2.05) is 35.9 Å². The Kier molecular flexibility index (Phi) is 4.89. The highest BCUT2D eigenvalue weighted by Gasteiger charge is 2.12. The molecule has 3 nitrogen and oxygen atoms in total. The fourth-order valence-corrected chi connectivity index (χ4v) is 3.15. The number of hydrogen-bond acceptors (Lipinski definition) is 3. The number of hydrogen-bond donors (Lipinski definition) is 0. The molecule has 0 aliphatic heterocycles. The van der Waals surface area contributed by atoms with Gasteiger partial charge in [0.25, 0.3) is 0 Å². The molecule has 0 spiro atoms. The van der Waals surface area contributed by atoms with Crippen LogP contribution in [0.25, 0.3) is 0 Å². The van der Waals surface area contributed by atoms with Gasteiger partial charge < -0.3 is 0 Å². The van der Waals surface area contributed by atoms with E-state index in [2.05, 4.69) is 12.0 Å². The fourth-order valence-electron chi connectivity index (χ4n) is 1.94. The Morgan fingerprint density at radius 3 is 2.55 bits per heavy atom. The van der Waals surface area contributed by atoms with Gasteiger partial charge in [-0.2, -0.15) is 5.10 Å². The Hall–Kier alpha value is -1.26. The standard InChI is InChI=1S/C15H17ClN2OS/c1-4-18-14(15(16)10(2)17-18)9-20-13-7-5-12(6-8-13)11(3)19/h5-8H,4,9H2,1-3H3. The summed E-state index contributed by atoms with van der Waals surface area (Å²) in [4.78, 5) is 12.3. The molecule has 2 rings (SSSR count). The van der Waals surface area contributed by atoms with Gasteiger partial charge in [0.1, 0.15) is 0 Å². The van der Waals surface area contributed by atoms with Crippen LogP contribution < -0.4 is 0 Å². The predicted molar refractivity (Wildman–Crippen MR) is 83.7 cm³/mol. The van der Waals surface area contributed by atoms with Crippen LogP contribution in [0.5, 0.6) is 0 Å². The van der Waals surface area contributed by atoms with Crippen molar-refractivity contribution in [2.24, 2.45) is 0 Å². The number of rotatable bonds is 5. The molecule has 106 valence electrons. The maximum Gasteiger partial charge on any atom is 0.159 e. The van der Waals surface area contributed by atoms with Crippen molar-refractivity contribution in [1.29, 1.82) is 0 Å². The molecule has 0 aliphatic carbocycles. The lowest BCUT2D eigenvalue weighted by atomic mass is 10.2. The smallest absolute Gasteiger partial charge is 0.159 e. The van der Waals surface area contributed by atoms with Crippen LogP contribution in [-0.2, 0) is 12.3 Å². The molecule has 0 saturated heterocycles. The van der Waals surface area contributed by atoms with Crippen LogP contribution in [0.2, 0.25) is 5.02 Å². The molecule has 0 N–H and O–H groups in total. The third-order valence-electron chi connectivity index (χ3n) is 3.09. The van der Waals surface area contributed by atoms with Crippen LogP contribution in [0.4, 0.5) is 0 Å². The van der Waals surface area contributed by atoms with Gasteiger partial charge in [0.15, 0.2) is 5.78 Å². The molecular weight excluding hydrogens is 292 g/mol. The Labute approximate surface area is 128 Å². The Morgan fingerprint density at radius 2 is 2.00 bits per heavy atom. The third kappa shape index (κ3) is 3.25. The maximum atomic E-state index is 11.2. The largest absolute Gasteiger partial charge is 0.295 e. The van der Waals surface area contributed by atoms with Gasteiger partial charge in [-0.15, -0.1) is 11.8 Å². The van der Waals surface area contributed by atoms with E-state index in [4.69, 9.17) is 11.6 Å². The third-order valence-corrected chi connectivity index (χ3v) is 4.60. The van der Waals surface area contributed by atoms with E-state index in [0.717, 1.165) is 39.2 Å². The molecule has 0 radical (unpaired) electrons. The SMILES string of the molecule is CCn1nc(C)c(Cl)c1CSc1ccc(C(C)=O)cc1. The molecular formula is C15H17ClN2OS. The van der Waals surface area contributed by atoms with Crippen molar-refractivity contribution in [1.82, 2.24) is 9.78 Å². The van der Waals surface area contributed by atoms with E-state index in [1.54, 1.807) is 18.7 Å². The van der Waals surface area contributed by atoms with Crippen molar-refractivity contribution in [2.45, 2.75) is 38.0 Å². The molecule has 0 amide bonds. The number of benzene rings is 1. The first-order chi connectivity index (χ1) is 9.52. The summed E-state index contributed by atoms with van der Waals surface area (Å²) in [5.41, 5.74) is 2.66. The normalized spacial score (nSPS) is 10.8. The van der Waals surface area contributed by atoms with Gasteiger partial charge in [-0.1, -0.05) is 23.7 Å². The molecule has 1 heterocycles. The topological polar surface area (TPSA) is 34.9 Å². The van der Waals surface area contributed by atoms with E-state index in [0.29, 0.717) is 0 Å². The highest BCUT2D eigenvalue weighted by atomic mass is 35.5. The maximum absolute atomic E-state index is 11.2. The van der Waals surface area contributed by atoms with Gasteiger partial charge in [-0.25, -0.2) is 0 Å². The summed E-state index contributed by atoms with van der Waals surface area (Å²) in [7, 11) is 0. The lowest BCUT2D eigenvalue weighted by Crippen LogP contribution is -2.01. The van der Waals surface area contributed by atoms with Crippen molar-refractivity contribution in [3.63, 3.8) is 0 Å². The molecule has 20 heavy (non-hydrogen) atoms. The van der Waals surface area contributed by atoms with E-state index in [-0.39, 0.29) is 5.78 Å². The van der Waals surface area contributed by atoms with Gasteiger partial charge in [0.2, 0.25) is 0 Å². The van der Waals surface area contributed by atoms with Gasteiger partial charge in [0, 0.05) is 22.8 Å². The van der Waals surface area contributed by atoms with Crippen molar-refractivity contribution in [3.8, 4) is 0 Å². The first-order valence-corrected chi connectivity index (χ1v) is 7.84. The fraction of sp³-hybridized carbons (Fsp3) is 0.333. The Bertz CT molecular complexity index is 620. The number of halogens is 1. The van der Waals surface area contributed by atoms with Gasteiger partial charge in [-0.05, 0) is 32.9 Å². The van der Waals surface area contributed by atoms with E-state index < -0.39 is 0 Å². The second-order valence-electron chi connectivity index (χ2n) is 4.53. The summed E-state index contributed by atoms with van der Waals surface area (Å²) >= 11 is 7.98. The molecule has 2 aromatic rings. The Balaban J connectivity index is 2.10. The number of aromatic nitrogens is 2. The molecule has 1 aromatic heterocycles. The number of ketones is 1. The first-order valence-electron chi connectivity index (χ1n) is 6.48. The lowest BCUT2D eigenvalue weighted by molar-refractivity contribution is 0.101. The van der Waals surface area contributed by atoms with Gasteiger partial charge >= 0.3 is 0 Å². The van der Waals surface area contributed by atoms with E-state index >= 15 is 0 Å². The summed E-state index contributed by atoms with van der Waals surface area (Å²) in [5, 5.41) is 5.15. The van der Waals surface area contributed by atoms with Crippen LogP contribution in [-0.4, -0.2) is 15.6 Å². The van der Waals surface area contributed by atoms with Crippen LogP contribution in [0.1, 0.15) is 35.6 Å². The number of carbonyl (C=O) groups is 1. The summed E-state index contributed by atoms with van der Waals surface area (Å²) in [6, 6.07) is 7.65. The monoisotopic (exact) mass is 308 g/mol. The molecule has 0 bridgehead atoms. The van der Waals surface area contributed by atoms with Crippen LogP contribution in [0, 0.1) is 6.92 Å². The summed E-state index contributed by atoms with van der Waals surface area (Å²) in [6.45, 7) is 6.36. The zero-order valence-corrected chi connectivity index (χ0v) is 13.4. The first kappa shape index (κ1) is 15.1. The quantitative estimate of drug-likeness (QED) is 0.608. The van der Waals surface area contributed by atoms with Gasteiger partial charge in [-0.3, -0.25) is 9.48 Å². The van der Waals surface area contributed by atoms with Gasteiger partial charge in [0.05, 0.1) is 16.4 Å². The highest BCUT2D eigenvalue weighted by Crippen LogP contribution is 2.28. The molecule has 0 fully saturated rings. The summed E-state index contributed by atoms with van der Waals surface area (Å²) in [6.07, 6.45) is 0. The molecule has 1 aromatic carbocycles. The van der Waals surface area contributed by atoms with Crippen LogP contribution >= 0.6 is 23.4 Å². The minimum absolute atomic E-state index is 0.0873. The molecule has 5 heteroatoms. The minimum Gasteiger partial charge on any atom is -0.295 e. The number of carbonyl (C=O) groups excluding carboxylic acids is 1. The average molecular weight is 309 g/mol. The summed E-state index contributed by atoms with van der Waals surface area (Å²) < 4.78 is 1.94. The lowest BCUT2D eigenvalue weighted by Gasteiger charge is -2.06. The van der Waals surface area contributed by atoms with E-state index in [1.165, 1.54) is 0 Å². The summed E-state index contributed by atoms with van der Waals surface area (Å²) in [5.74, 6) is 0.858. The minimum atomic E-state index is 0.0873. The van der Waals surface area contributed by atoms with E-state index in [9.17, 15) is 4.79 Å². The Morgan fingerprint density at radius 1 is 1.35 bits per heavy atom. The van der Waals surface area contributed by atoms with Crippen molar-refractivity contribution < 1.29 is 4.79 Å². The van der Waals surface area contributed by atoms with Crippen molar-refractivity contribution >= 4 is 29.1 Å². The predicted octanol–water partition coefficient (Wildman–Crippen LogP) is 4.36.